The molecule has 0 radical (unpaired) electrons. The zero-order valence-corrected chi connectivity index (χ0v) is 18.5. The molecule has 138 valence electrons. The topological polar surface area (TPSA) is 54.2 Å². The van der Waals surface area contributed by atoms with Gasteiger partial charge in [0.1, 0.15) is 0 Å². The Hall–Kier alpha value is -1.22. The third-order valence-electron chi connectivity index (χ3n) is 3.79. The van der Waals surface area contributed by atoms with Gasteiger partial charge in [-0.1, -0.05) is 30.3 Å². The van der Waals surface area contributed by atoms with Crippen molar-refractivity contribution in [2.45, 2.75) is 31.7 Å². The molecule has 0 fully saturated rings. The number of halogens is 1. The second-order valence-electron chi connectivity index (χ2n) is 6.27. The van der Waals surface area contributed by atoms with Gasteiger partial charge in [-0.25, -0.2) is 0 Å². The Balaban J connectivity index is 0.00000312. The normalized spacial score (nSPS) is 11.8. The maximum absolute atomic E-state index is 4.43. The average molecular weight is 473 g/mol. The first-order chi connectivity index (χ1) is 11.5. The van der Waals surface area contributed by atoms with Crippen LogP contribution in [0.1, 0.15) is 25.0 Å². The van der Waals surface area contributed by atoms with Crippen molar-refractivity contribution in [2.24, 2.45) is 4.99 Å². The van der Waals surface area contributed by atoms with Crippen LogP contribution in [0.5, 0.6) is 0 Å². The van der Waals surface area contributed by atoms with Crippen molar-refractivity contribution in [2.75, 3.05) is 19.8 Å². The third kappa shape index (κ3) is 7.68. The lowest BCUT2D eigenvalue weighted by molar-refractivity contribution is 0.664. The molecule has 2 aromatic rings. The molecule has 2 N–H and O–H groups in total. The number of nitrogens with one attached hydrogen (secondary N) is 2. The van der Waals surface area contributed by atoms with Crippen LogP contribution in [0.15, 0.2) is 47.7 Å². The number of thioether (sulfide) groups is 1. The van der Waals surface area contributed by atoms with Crippen LogP contribution in [0.2, 0.25) is 0 Å². The van der Waals surface area contributed by atoms with Crippen LogP contribution in [0.4, 0.5) is 0 Å². The van der Waals surface area contributed by atoms with E-state index in [-0.39, 0.29) is 28.7 Å². The van der Waals surface area contributed by atoms with Crippen LogP contribution in [0, 0.1) is 0 Å². The number of nitrogens with zero attached hydrogens (tertiary/aromatic N) is 3. The van der Waals surface area contributed by atoms with Crippen LogP contribution >= 0.6 is 35.7 Å². The molecule has 0 bridgehead atoms. The van der Waals surface area contributed by atoms with Gasteiger partial charge in [-0.3, -0.25) is 9.67 Å². The van der Waals surface area contributed by atoms with Gasteiger partial charge >= 0.3 is 0 Å². The van der Waals surface area contributed by atoms with Crippen molar-refractivity contribution in [3.05, 3.63) is 53.9 Å². The Kier molecular flexibility index (Phi) is 9.34. The molecule has 0 spiro atoms. The molecule has 1 aromatic heterocycles. The van der Waals surface area contributed by atoms with Crippen LogP contribution in [0.3, 0.4) is 0 Å². The standard InChI is InChI=1S/C18H27N5S.HI/c1-18(2,24-4)14-21-17(19-3)20-10-16-11-22-23(13-16)12-15-8-6-5-7-9-15;/h5-9,11,13H,10,12,14H2,1-4H3,(H2,19,20,21);1H. The maximum atomic E-state index is 4.43. The molecule has 0 unspecified atom stereocenters. The summed E-state index contributed by atoms with van der Waals surface area (Å²) in [6.45, 7) is 6.78. The van der Waals surface area contributed by atoms with E-state index in [1.807, 2.05) is 40.8 Å². The second kappa shape index (κ2) is 10.7. The monoisotopic (exact) mass is 473 g/mol. The summed E-state index contributed by atoms with van der Waals surface area (Å²) < 4.78 is 2.14. The first kappa shape index (κ1) is 21.8. The molecule has 1 heterocycles. The lowest BCUT2D eigenvalue weighted by atomic mass is 10.2. The van der Waals surface area contributed by atoms with Crippen molar-refractivity contribution in [1.82, 2.24) is 20.4 Å². The number of benzene rings is 1. The fraction of sp³-hybridized carbons (Fsp3) is 0.444. The maximum Gasteiger partial charge on any atom is 0.191 e. The summed E-state index contributed by atoms with van der Waals surface area (Å²) in [5, 5.41) is 11.1. The summed E-state index contributed by atoms with van der Waals surface area (Å²) in [6.07, 6.45) is 6.09. The van der Waals surface area contributed by atoms with Gasteiger partial charge in [-0.05, 0) is 25.7 Å². The second-order valence-corrected chi connectivity index (χ2v) is 7.79. The van der Waals surface area contributed by atoms with Crippen LogP contribution < -0.4 is 10.6 Å². The quantitative estimate of drug-likeness (QED) is 0.368. The molecule has 0 atom stereocenters. The molecule has 2 rings (SSSR count). The van der Waals surface area contributed by atoms with E-state index in [0.717, 1.165) is 24.6 Å². The van der Waals surface area contributed by atoms with E-state index in [1.165, 1.54) is 5.56 Å². The summed E-state index contributed by atoms with van der Waals surface area (Å²) >= 11 is 1.84. The predicted molar refractivity (Wildman–Crippen MR) is 119 cm³/mol. The van der Waals surface area contributed by atoms with Crippen molar-refractivity contribution < 1.29 is 0 Å². The van der Waals surface area contributed by atoms with Crippen LogP contribution in [-0.2, 0) is 13.1 Å². The van der Waals surface area contributed by atoms with E-state index in [0.29, 0.717) is 6.54 Å². The van der Waals surface area contributed by atoms with Crippen molar-refractivity contribution in [1.29, 1.82) is 0 Å². The zero-order chi connectivity index (χ0) is 17.4. The number of hydrogen-bond acceptors (Lipinski definition) is 3. The van der Waals surface area contributed by atoms with Gasteiger partial charge in [0.2, 0.25) is 0 Å². The van der Waals surface area contributed by atoms with Gasteiger partial charge in [0, 0.05) is 36.6 Å². The van der Waals surface area contributed by atoms with Crippen molar-refractivity contribution in [3.63, 3.8) is 0 Å². The molecule has 25 heavy (non-hydrogen) atoms. The van der Waals surface area contributed by atoms with Crippen LogP contribution in [-0.4, -0.2) is 40.3 Å². The average Bonchev–Trinajstić information content (AvgIpc) is 3.03. The van der Waals surface area contributed by atoms with E-state index in [1.54, 1.807) is 7.05 Å². The smallest absolute Gasteiger partial charge is 0.191 e. The zero-order valence-electron chi connectivity index (χ0n) is 15.3. The van der Waals surface area contributed by atoms with E-state index in [9.17, 15) is 0 Å². The van der Waals surface area contributed by atoms with Gasteiger partial charge in [-0.15, -0.1) is 24.0 Å². The number of aliphatic imine (C=N–C) groups is 1. The predicted octanol–water partition coefficient (Wildman–Crippen LogP) is 3.36. The number of guanidine groups is 1. The Labute approximate surface area is 172 Å². The molecule has 1 aromatic carbocycles. The SMILES string of the molecule is CN=C(NCc1cnn(Cc2ccccc2)c1)NCC(C)(C)SC.I. The fourth-order valence-electron chi connectivity index (χ4n) is 2.13. The molecule has 0 aliphatic carbocycles. The molecular formula is C18H28IN5S. The van der Waals surface area contributed by atoms with Crippen molar-refractivity contribution in [3.8, 4) is 0 Å². The fourth-order valence-corrected chi connectivity index (χ4v) is 2.35. The molecule has 0 aliphatic rings. The van der Waals surface area contributed by atoms with Gasteiger partial charge in [0.25, 0.3) is 0 Å². The Morgan fingerprint density at radius 1 is 1.20 bits per heavy atom. The van der Waals surface area contributed by atoms with Gasteiger partial charge in [0.05, 0.1) is 12.7 Å². The van der Waals surface area contributed by atoms with E-state index in [2.05, 4.69) is 59.2 Å². The van der Waals surface area contributed by atoms with Gasteiger partial charge in [-0.2, -0.15) is 16.9 Å². The van der Waals surface area contributed by atoms with Gasteiger partial charge in [0.15, 0.2) is 5.96 Å². The minimum atomic E-state index is 0. The highest BCUT2D eigenvalue weighted by molar-refractivity contribution is 14.0. The summed E-state index contributed by atoms with van der Waals surface area (Å²) in [7, 11) is 1.79. The summed E-state index contributed by atoms with van der Waals surface area (Å²) in [5.41, 5.74) is 2.38. The third-order valence-corrected chi connectivity index (χ3v) is 5.04. The minimum Gasteiger partial charge on any atom is -0.355 e. The highest BCUT2D eigenvalue weighted by Gasteiger charge is 2.16. The molecule has 0 saturated heterocycles. The van der Waals surface area contributed by atoms with E-state index in [4.69, 9.17) is 0 Å². The molecule has 0 aliphatic heterocycles. The lowest BCUT2D eigenvalue weighted by Crippen LogP contribution is -2.42. The Morgan fingerprint density at radius 2 is 1.92 bits per heavy atom. The Morgan fingerprint density at radius 3 is 2.56 bits per heavy atom. The number of rotatable bonds is 7. The lowest BCUT2D eigenvalue weighted by Gasteiger charge is -2.23. The largest absolute Gasteiger partial charge is 0.355 e. The van der Waals surface area contributed by atoms with E-state index >= 15 is 0 Å². The number of hydrogen-bond donors (Lipinski definition) is 2. The first-order valence-electron chi connectivity index (χ1n) is 8.07. The summed E-state index contributed by atoms with van der Waals surface area (Å²) in [5.74, 6) is 0.813. The molecule has 0 saturated carbocycles. The minimum absolute atomic E-state index is 0. The molecule has 5 nitrogen and oxygen atoms in total. The highest BCUT2D eigenvalue weighted by Crippen LogP contribution is 2.19. The van der Waals surface area contributed by atoms with E-state index < -0.39 is 0 Å². The molecule has 7 heteroatoms. The van der Waals surface area contributed by atoms with Crippen molar-refractivity contribution >= 4 is 41.7 Å². The Bertz CT molecular complexity index is 654. The molecule has 0 amide bonds. The van der Waals surface area contributed by atoms with Crippen LogP contribution in [0.25, 0.3) is 0 Å². The highest BCUT2D eigenvalue weighted by atomic mass is 127. The molecular weight excluding hydrogens is 445 g/mol. The summed E-state index contributed by atoms with van der Waals surface area (Å²) in [4.78, 5) is 4.27. The summed E-state index contributed by atoms with van der Waals surface area (Å²) in [6, 6.07) is 10.3. The number of aromatic nitrogens is 2. The first-order valence-corrected chi connectivity index (χ1v) is 9.30. The van der Waals surface area contributed by atoms with Gasteiger partial charge < -0.3 is 10.6 Å².